The highest BCUT2D eigenvalue weighted by molar-refractivity contribution is 5.80. The second kappa shape index (κ2) is 10.8. The number of aliphatic imine (C=N–C) groups is 1. The van der Waals surface area contributed by atoms with Gasteiger partial charge in [0.2, 0.25) is 5.91 Å². The van der Waals surface area contributed by atoms with Gasteiger partial charge in [-0.2, -0.15) is 0 Å². The van der Waals surface area contributed by atoms with Crippen LogP contribution >= 0.6 is 0 Å². The first-order valence-corrected chi connectivity index (χ1v) is 9.95. The van der Waals surface area contributed by atoms with Gasteiger partial charge in [-0.05, 0) is 32.6 Å². The summed E-state index contributed by atoms with van der Waals surface area (Å²) >= 11 is 0. The minimum atomic E-state index is 0.212. The third-order valence-electron chi connectivity index (χ3n) is 4.77. The topological polar surface area (TPSA) is 91.6 Å². The molecule has 0 saturated heterocycles. The van der Waals surface area contributed by atoms with E-state index in [0.29, 0.717) is 13.1 Å². The van der Waals surface area contributed by atoms with Crippen LogP contribution in [0, 0.1) is 5.92 Å². The van der Waals surface area contributed by atoms with E-state index in [1.54, 1.807) is 0 Å². The first-order chi connectivity index (χ1) is 12.7. The van der Waals surface area contributed by atoms with Crippen LogP contribution < -0.4 is 16.0 Å². The van der Waals surface area contributed by atoms with Gasteiger partial charge in [-0.25, -0.2) is 4.99 Å². The van der Waals surface area contributed by atoms with E-state index in [4.69, 9.17) is 4.52 Å². The maximum absolute atomic E-state index is 11.8. The number of aromatic nitrogens is 1. The van der Waals surface area contributed by atoms with E-state index in [1.165, 1.54) is 6.42 Å². The Morgan fingerprint density at radius 1 is 1.15 bits per heavy atom. The summed E-state index contributed by atoms with van der Waals surface area (Å²) in [6.45, 7) is 9.01. The zero-order valence-corrected chi connectivity index (χ0v) is 16.4. The Labute approximate surface area is 156 Å². The zero-order valence-electron chi connectivity index (χ0n) is 16.4. The van der Waals surface area contributed by atoms with Gasteiger partial charge in [0, 0.05) is 37.5 Å². The van der Waals surface area contributed by atoms with Gasteiger partial charge in [-0.15, -0.1) is 0 Å². The molecule has 0 aromatic carbocycles. The summed E-state index contributed by atoms with van der Waals surface area (Å²) in [6, 6.07) is 0. The largest absolute Gasteiger partial charge is 0.361 e. The molecule has 2 rings (SSSR count). The van der Waals surface area contributed by atoms with E-state index in [2.05, 4.69) is 39.9 Å². The van der Waals surface area contributed by atoms with Crippen LogP contribution in [0.1, 0.15) is 63.5 Å². The maximum Gasteiger partial charge on any atom is 0.223 e. The third-order valence-corrected chi connectivity index (χ3v) is 4.77. The Kier molecular flexibility index (Phi) is 8.44. The number of hydrogen-bond donors (Lipinski definition) is 3. The number of carbonyl (C=O) groups is 1. The van der Waals surface area contributed by atoms with Crippen LogP contribution in [-0.4, -0.2) is 36.7 Å². The molecule has 1 amide bonds. The number of nitrogens with zero attached hydrogens (tertiary/aromatic N) is 2. The van der Waals surface area contributed by atoms with Crippen molar-refractivity contribution >= 4 is 11.9 Å². The zero-order chi connectivity index (χ0) is 18.8. The van der Waals surface area contributed by atoms with Gasteiger partial charge in [0.25, 0.3) is 0 Å². The van der Waals surface area contributed by atoms with Gasteiger partial charge >= 0.3 is 0 Å². The number of aryl methyl sites for hydroxylation is 2. The van der Waals surface area contributed by atoms with Crippen molar-refractivity contribution in [2.75, 3.05) is 19.6 Å². The van der Waals surface area contributed by atoms with Crippen LogP contribution in [0.4, 0.5) is 0 Å². The van der Waals surface area contributed by atoms with Gasteiger partial charge in [0.05, 0.1) is 12.2 Å². The summed E-state index contributed by atoms with van der Waals surface area (Å²) in [5.74, 6) is 2.16. The molecule has 7 heteroatoms. The third kappa shape index (κ3) is 5.75. The number of nitrogens with one attached hydrogen (secondary N) is 3. The van der Waals surface area contributed by atoms with Gasteiger partial charge < -0.3 is 20.5 Å². The Morgan fingerprint density at radius 3 is 2.54 bits per heavy atom. The Hall–Kier alpha value is -2.05. The van der Waals surface area contributed by atoms with E-state index < -0.39 is 0 Å². The molecule has 1 aliphatic rings. The number of guanidine groups is 1. The summed E-state index contributed by atoms with van der Waals surface area (Å²) in [4.78, 5) is 16.5. The van der Waals surface area contributed by atoms with Crippen molar-refractivity contribution in [1.29, 1.82) is 0 Å². The first kappa shape index (κ1) is 20.3. The fraction of sp³-hybridized carbons (Fsp3) is 0.737. The molecule has 0 atom stereocenters. The predicted molar refractivity (Wildman–Crippen MR) is 103 cm³/mol. The quantitative estimate of drug-likeness (QED) is 0.337. The summed E-state index contributed by atoms with van der Waals surface area (Å²) in [5, 5.41) is 13.7. The molecule has 0 radical (unpaired) electrons. The van der Waals surface area contributed by atoms with E-state index in [9.17, 15) is 4.79 Å². The second-order valence-corrected chi connectivity index (χ2v) is 6.63. The first-order valence-electron chi connectivity index (χ1n) is 9.95. The highest BCUT2D eigenvalue weighted by Crippen LogP contribution is 2.26. The van der Waals surface area contributed by atoms with Crippen LogP contribution in [0.5, 0.6) is 0 Å². The number of amides is 1. The van der Waals surface area contributed by atoms with Crippen LogP contribution in [-0.2, 0) is 24.2 Å². The van der Waals surface area contributed by atoms with Gasteiger partial charge in [-0.3, -0.25) is 4.79 Å². The van der Waals surface area contributed by atoms with E-state index >= 15 is 0 Å². The highest BCUT2D eigenvalue weighted by atomic mass is 16.5. The molecule has 0 unspecified atom stereocenters. The number of hydrogen-bond acceptors (Lipinski definition) is 4. The molecule has 0 bridgehead atoms. The van der Waals surface area contributed by atoms with Crippen LogP contribution in [0.2, 0.25) is 0 Å². The molecule has 0 aliphatic heterocycles. The summed E-state index contributed by atoms with van der Waals surface area (Å²) in [5.41, 5.74) is 2.08. The normalized spacial score (nSPS) is 14.8. The summed E-state index contributed by atoms with van der Waals surface area (Å²) in [6.07, 6.45) is 5.82. The van der Waals surface area contributed by atoms with Crippen molar-refractivity contribution in [3.05, 3.63) is 17.0 Å². The van der Waals surface area contributed by atoms with Crippen LogP contribution in [0.15, 0.2) is 9.52 Å². The Bertz CT molecular complexity index is 571. The number of rotatable bonds is 10. The minimum absolute atomic E-state index is 0.212. The Balaban J connectivity index is 1.77. The van der Waals surface area contributed by atoms with Crippen molar-refractivity contribution in [2.24, 2.45) is 10.9 Å². The predicted octanol–water partition coefficient (Wildman–Crippen LogP) is 2.16. The van der Waals surface area contributed by atoms with E-state index in [1.807, 2.05) is 6.92 Å². The average Bonchev–Trinajstić information content (AvgIpc) is 2.99. The van der Waals surface area contributed by atoms with E-state index in [-0.39, 0.29) is 11.8 Å². The molecule has 1 aromatic rings. The lowest BCUT2D eigenvalue weighted by molar-refractivity contribution is -0.127. The molecular weight excluding hydrogens is 330 g/mol. The molecule has 1 fully saturated rings. The Morgan fingerprint density at radius 2 is 1.92 bits per heavy atom. The van der Waals surface area contributed by atoms with Crippen LogP contribution in [0.25, 0.3) is 0 Å². The lowest BCUT2D eigenvalue weighted by Gasteiger charge is -2.24. The smallest absolute Gasteiger partial charge is 0.223 e. The SMILES string of the molecule is CCNC(=NCc1c(CC)noc1CC)NCCCNC(=O)C1CCC1. The number of carbonyl (C=O) groups excluding carboxylic acids is 1. The molecule has 1 aromatic heterocycles. The fourth-order valence-corrected chi connectivity index (χ4v) is 2.94. The molecule has 7 nitrogen and oxygen atoms in total. The second-order valence-electron chi connectivity index (χ2n) is 6.63. The molecule has 3 N–H and O–H groups in total. The average molecular weight is 364 g/mol. The molecule has 1 heterocycles. The monoisotopic (exact) mass is 363 g/mol. The summed E-state index contributed by atoms with van der Waals surface area (Å²) < 4.78 is 5.40. The standard InChI is InChI=1S/C19H33N5O2/c1-4-16-15(17(5-2)26-24-16)13-23-19(20-6-3)22-12-8-11-21-18(25)14-9-7-10-14/h14H,4-13H2,1-3H3,(H,21,25)(H2,20,22,23). The molecular formula is C19H33N5O2. The van der Waals surface area contributed by atoms with Crippen molar-refractivity contribution in [2.45, 2.75) is 65.8 Å². The van der Waals surface area contributed by atoms with Gasteiger partial charge in [0.1, 0.15) is 5.76 Å². The maximum atomic E-state index is 11.8. The molecule has 1 saturated carbocycles. The fourth-order valence-electron chi connectivity index (χ4n) is 2.94. The van der Waals surface area contributed by atoms with Crippen molar-refractivity contribution in [3.63, 3.8) is 0 Å². The molecule has 26 heavy (non-hydrogen) atoms. The minimum Gasteiger partial charge on any atom is -0.361 e. The molecule has 1 aliphatic carbocycles. The summed E-state index contributed by atoms with van der Waals surface area (Å²) in [7, 11) is 0. The molecule has 0 spiro atoms. The van der Waals surface area contributed by atoms with E-state index in [0.717, 1.165) is 68.2 Å². The van der Waals surface area contributed by atoms with Crippen molar-refractivity contribution in [1.82, 2.24) is 21.1 Å². The lowest BCUT2D eigenvalue weighted by Crippen LogP contribution is -2.39. The highest BCUT2D eigenvalue weighted by Gasteiger charge is 2.24. The van der Waals surface area contributed by atoms with Gasteiger partial charge in [0.15, 0.2) is 5.96 Å². The lowest BCUT2D eigenvalue weighted by atomic mass is 9.85. The van der Waals surface area contributed by atoms with Crippen LogP contribution in [0.3, 0.4) is 0 Å². The van der Waals surface area contributed by atoms with Gasteiger partial charge in [-0.1, -0.05) is 25.4 Å². The van der Waals surface area contributed by atoms with Crippen molar-refractivity contribution in [3.8, 4) is 0 Å². The van der Waals surface area contributed by atoms with Crippen molar-refractivity contribution < 1.29 is 9.32 Å². The molecule has 146 valence electrons.